The topological polar surface area (TPSA) is 70.4 Å². The molecule has 6 heteroatoms. The van der Waals surface area contributed by atoms with E-state index in [4.69, 9.17) is 0 Å². The van der Waals surface area contributed by atoms with Gasteiger partial charge in [0, 0.05) is 18.8 Å². The van der Waals surface area contributed by atoms with E-state index in [0.29, 0.717) is 13.1 Å². The van der Waals surface area contributed by atoms with Gasteiger partial charge in [-0.3, -0.25) is 0 Å². The second-order valence-corrected chi connectivity index (χ2v) is 7.20. The largest absolute Gasteiger partial charge is 0.387 e. The molecule has 1 aliphatic carbocycles. The van der Waals surface area contributed by atoms with Crippen molar-refractivity contribution in [3.8, 4) is 0 Å². The number of aromatic nitrogens is 2. The van der Waals surface area contributed by atoms with E-state index in [1.807, 2.05) is 39.8 Å². The van der Waals surface area contributed by atoms with E-state index in [1.165, 1.54) is 6.42 Å². The molecule has 27 heavy (non-hydrogen) atoms. The van der Waals surface area contributed by atoms with Crippen LogP contribution in [0.3, 0.4) is 0 Å². The van der Waals surface area contributed by atoms with Crippen LogP contribution in [0.4, 0.5) is 4.79 Å². The van der Waals surface area contributed by atoms with Crippen molar-refractivity contribution < 1.29 is 9.90 Å². The summed E-state index contributed by atoms with van der Waals surface area (Å²) in [6.45, 7) is 3.63. The van der Waals surface area contributed by atoms with E-state index in [9.17, 15) is 9.90 Å². The monoisotopic (exact) mass is 370 g/mol. The molecule has 1 aliphatic rings. The Balaban J connectivity index is 1.67. The van der Waals surface area contributed by atoms with Gasteiger partial charge in [-0.2, -0.15) is 0 Å². The molecule has 0 radical (unpaired) electrons. The van der Waals surface area contributed by atoms with E-state index in [2.05, 4.69) is 17.2 Å². The molecular formula is C21H30N4O2. The summed E-state index contributed by atoms with van der Waals surface area (Å²) in [4.78, 5) is 19.0. The minimum Gasteiger partial charge on any atom is -0.387 e. The summed E-state index contributed by atoms with van der Waals surface area (Å²) in [7, 11) is 0. The van der Waals surface area contributed by atoms with E-state index < -0.39 is 6.10 Å². The predicted octanol–water partition coefficient (Wildman–Crippen LogP) is 3.48. The second kappa shape index (κ2) is 9.55. The highest BCUT2D eigenvalue weighted by Gasteiger charge is 2.27. The number of rotatable bonds is 7. The SMILES string of the molecule is CCn1cncc1CNC(=O)N(C[C@H](O)c1ccccc1)C1CCCCC1. The Hall–Kier alpha value is -2.34. The number of benzene rings is 1. The number of amides is 2. The van der Waals surface area contributed by atoms with E-state index in [-0.39, 0.29) is 12.1 Å². The number of imidazole rings is 1. The van der Waals surface area contributed by atoms with Gasteiger partial charge < -0.3 is 19.9 Å². The molecule has 146 valence electrons. The number of carbonyl (C=O) groups is 1. The first-order valence-electron chi connectivity index (χ1n) is 9.95. The van der Waals surface area contributed by atoms with Crippen LogP contribution in [0.1, 0.15) is 56.4 Å². The standard InChI is InChI=1S/C21H30N4O2/c1-2-24-16-22-13-19(24)14-23-21(27)25(18-11-7-4-8-12-18)15-20(26)17-9-5-3-6-10-17/h3,5-6,9-10,13,16,18,20,26H,2,4,7-8,11-12,14-15H2,1H3,(H,23,27)/t20-/m0/s1. The number of nitrogens with one attached hydrogen (secondary N) is 1. The van der Waals surface area contributed by atoms with Crippen molar-refractivity contribution in [2.75, 3.05) is 6.54 Å². The summed E-state index contributed by atoms with van der Waals surface area (Å²) in [6.07, 6.45) is 8.39. The summed E-state index contributed by atoms with van der Waals surface area (Å²) in [5, 5.41) is 13.7. The maximum atomic E-state index is 13.0. The Morgan fingerprint density at radius 1 is 1.30 bits per heavy atom. The molecule has 1 saturated carbocycles. The van der Waals surface area contributed by atoms with Crippen molar-refractivity contribution in [1.82, 2.24) is 19.8 Å². The zero-order valence-electron chi connectivity index (χ0n) is 16.1. The minimum absolute atomic E-state index is 0.110. The van der Waals surface area contributed by atoms with Gasteiger partial charge in [-0.05, 0) is 25.3 Å². The van der Waals surface area contributed by atoms with Crippen molar-refractivity contribution in [3.63, 3.8) is 0 Å². The molecule has 0 saturated heterocycles. The van der Waals surface area contributed by atoms with Crippen LogP contribution in [0.5, 0.6) is 0 Å². The van der Waals surface area contributed by atoms with Gasteiger partial charge in [-0.25, -0.2) is 9.78 Å². The number of aliphatic hydroxyl groups is 1. The molecule has 0 unspecified atom stereocenters. The van der Waals surface area contributed by atoms with Gasteiger partial charge in [0.05, 0.1) is 31.2 Å². The fourth-order valence-electron chi connectivity index (χ4n) is 3.81. The van der Waals surface area contributed by atoms with Gasteiger partial charge in [0.25, 0.3) is 0 Å². The van der Waals surface area contributed by atoms with Crippen LogP contribution in [0, 0.1) is 0 Å². The number of hydrogen-bond acceptors (Lipinski definition) is 3. The number of hydrogen-bond donors (Lipinski definition) is 2. The summed E-state index contributed by atoms with van der Waals surface area (Å²) < 4.78 is 2.02. The predicted molar refractivity (Wildman–Crippen MR) is 105 cm³/mol. The summed E-state index contributed by atoms with van der Waals surface area (Å²) in [5.74, 6) is 0. The van der Waals surface area contributed by atoms with Gasteiger partial charge in [0.2, 0.25) is 0 Å². The maximum Gasteiger partial charge on any atom is 0.318 e. The van der Waals surface area contributed by atoms with Gasteiger partial charge in [-0.15, -0.1) is 0 Å². The minimum atomic E-state index is -0.681. The lowest BCUT2D eigenvalue weighted by atomic mass is 9.94. The van der Waals surface area contributed by atoms with Crippen LogP contribution >= 0.6 is 0 Å². The molecule has 2 N–H and O–H groups in total. The Morgan fingerprint density at radius 2 is 2.04 bits per heavy atom. The number of aryl methyl sites for hydroxylation is 1. The molecule has 1 heterocycles. The van der Waals surface area contributed by atoms with Crippen LogP contribution in [-0.2, 0) is 13.1 Å². The number of nitrogens with zero attached hydrogens (tertiary/aromatic N) is 3. The molecule has 1 aromatic carbocycles. The third-order valence-corrected chi connectivity index (χ3v) is 5.39. The maximum absolute atomic E-state index is 13.0. The van der Waals surface area contributed by atoms with Crippen molar-refractivity contribution in [2.45, 2.75) is 64.3 Å². The Morgan fingerprint density at radius 3 is 2.74 bits per heavy atom. The van der Waals surface area contributed by atoms with Gasteiger partial charge in [0.1, 0.15) is 0 Å². The third-order valence-electron chi connectivity index (χ3n) is 5.39. The Bertz CT molecular complexity index is 710. The van der Waals surface area contributed by atoms with Crippen LogP contribution < -0.4 is 5.32 Å². The molecule has 1 atom stereocenters. The molecule has 6 nitrogen and oxygen atoms in total. The van der Waals surface area contributed by atoms with Crippen molar-refractivity contribution in [3.05, 3.63) is 54.1 Å². The van der Waals surface area contributed by atoms with Crippen LogP contribution in [0.25, 0.3) is 0 Å². The molecule has 0 bridgehead atoms. The van der Waals surface area contributed by atoms with Crippen LogP contribution in [-0.4, -0.2) is 38.2 Å². The molecule has 2 aromatic rings. The second-order valence-electron chi connectivity index (χ2n) is 7.20. The van der Waals surface area contributed by atoms with Crippen LogP contribution in [0.15, 0.2) is 42.9 Å². The first-order chi connectivity index (χ1) is 13.2. The van der Waals surface area contributed by atoms with Crippen molar-refractivity contribution >= 4 is 6.03 Å². The highest BCUT2D eigenvalue weighted by atomic mass is 16.3. The molecule has 3 rings (SSSR count). The fourth-order valence-corrected chi connectivity index (χ4v) is 3.81. The van der Waals surface area contributed by atoms with Gasteiger partial charge in [-0.1, -0.05) is 49.6 Å². The molecular weight excluding hydrogens is 340 g/mol. The van der Waals surface area contributed by atoms with Crippen LogP contribution in [0.2, 0.25) is 0 Å². The Kier molecular flexibility index (Phi) is 6.87. The average molecular weight is 370 g/mol. The van der Waals surface area contributed by atoms with E-state index in [0.717, 1.165) is 43.5 Å². The van der Waals surface area contributed by atoms with Gasteiger partial charge >= 0.3 is 6.03 Å². The summed E-state index contributed by atoms with van der Waals surface area (Å²) in [6, 6.07) is 9.64. The average Bonchev–Trinajstić information content (AvgIpc) is 3.19. The lowest BCUT2D eigenvalue weighted by Crippen LogP contribution is -2.48. The highest BCUT2D eigenvalue weighted by molar-refractivity contribution is 5.74. The third kappa shape index (κ3) is 5.10. The number of carbonyl (C=O) groups excluding carboxylic acids is 1. The quantitative estimate of drug-likeness (QED) is 0.784. The number of aliphatic hydroxyl groups excluding tert-OH is 1. The highest BCUT2D eigenvalue weighted by Crippen LogP contribution is 2.25. The first-order valence-corrected chi connectivity index (χ1v) is 9.95. The van der Waals surface area contributed by atoms with E-state index >= 15 is 0 Å². The smallest absolute Gasteiger partial charge is 0.318 e. The lowest BCUT2D eigenvalue weighted by molar-refractivity contribution is 0.0899. The zero-order chi connectivity index (χ0) is 19.1. The normalized spacial score (nSPS) is 16.1. The molecule has 0 aliphatic heterocycles. The van der Waals surface area contributed by atoms with Crippen molar-refractivity contribution in [1.29, 1.82) is 0 Å². The summed E-state index contributed by atoms with van der Waals surface area (Å²) in [5.41, 5.74) is 1.83. The lowest BCUT2D eigenvalue weighted by Gasteiger charge is -2.35. The molecule has 1 aromatic heterocycles. The van der Waals surface area contributed by atoms with Crippen molar-refractivity contribution in [2.24, 2.45) is 0 Å². The van der Waals surface area contributed by atoms with E-state index in [1.54, 1.807) is 12.5 Å². The fraction of sp³-hybridized carbons (Fsp3) is 0.524. The Labute approximate surface area is 161 Å². The molecule has 2 amide bonds. The van der Waals surface area contributed by atoms with Gasteiger partial charge in [0.15, 0.2) is 0 Å². The summed E-state index contributed by atoms with van der Waals surface area (Å²) >= 11 is 0. The zero-order valence-corrected chi connectivity index (χ0v) is 16.1. The molecule has 0 spiro atoms. The molecule has 1 fully saturated rings. The number of urea groups is 1. The first kappa shape index (κ1) is 19.4.